The van der Waals surface area contributed by atoms with Crippen LogP contribution in [0.4, 0.5) is 0 Å². The molecule has 2 heterocycles. The number of nitrogens with one attached hydrogen (secondary N) is 1. The Bertz CT molecular complexity index is 536. The van der Waals surface area contributed by atoms with Crippen molar-refractivity contribution in [3.63, 3.8) is 0 Å². The van der Waals surface area contributed by atoms with Crippen LogP contribution in [-0.4, -0.2) is 26.3 Å². The van der Waals surface area contributed by atoms with E-state index in [2.05, 4.69) is 33.4 Å². The van der Waals surface area contributed by atoms with Gasteiger partial charge < -0.3 is 14.8 Å². The van der Waals surface area contributed by atoms with Crippen LogP contribution in [0, 0.1) is 11.3 Å². The van der Waals surface area contributed by atoms with Gasteiger partial charge in [0, 0.05) is 5.41 Å². The molecule has 1 N–H and O–H groups in total. The normalized spacial score (nSPS) is 23.9. The van der Waals surface area contributed by atoms with E-state index in [1.54, 1.807) is 0 Å². The summed E-state index contributed by atoms with van der Waals surface area (Å²) < 4.78 is 13.1. The molecule has 4 heteroatoms. The Morgan fingerprint density at radius 3 is 2.67 bits per heavy atom. The average Bonchev–Trinajstić information content (AvgIpc) is 3.28. The number of fused-ring (bicyclic) bond motifs is 1. The van der Waals surface area contributed by atoms with E-state index in [1.165, 1.54) is 31.2 Å². The molecule has 1 aromatic rings. The Labute approximate surface area is 134 Å². The van der Waals surface area contributed by atoms with Crippen molar-refractivity contribution in [1.29, 1.82) is 0 Å². The molecule has 21 heavy (non-hydrogen) atoms. The molecule has 1 saturated heterocycles. The molecule has 1 aliphatic carbocycles. The summed E-state index contributed by atoms with van der Waals surface area (Å²) >= 11 is 3.67. The van der Waals surface area contributed by atoms with Gasteiger partial charge in [-0.1, -0.05) is 0 Å². The topological polar surface area (TPSA) is 30.5 Å². The lowest BCUT2D eigenvalue weighted by Crippen LogP contribution is -2.28. The molecule has 0 atom stereocenters. The number of piperidine rings is 1. The van der Waals surface area contributed by atoms with Gasteiger partial charge in [0.05, 0.1) is 17.7 Å². The maximum atomic E-state index is 6.07. The first-order chi connectivity index (χ1) is 10.2. The van der Waals surface area contributed by atoms with Crippen LogP contribution in [0.3, 0.4) is 0 Å². The lowest BCUT2D eigenvalue weighted by atomic mass is 9.91. The van der Waals surface area contributed by atoms with Gasteiger partial charge >= 0.3 is 0 Å². The zero-order chi connectivity index (χ0) is 14.3. The fraction of sp³-hybridized carbons (Fsp3) is 0.647. The van der Waals surface area contributed by atoms with Gasteiger partial charge in [0.25, 0.3) is 0 Å². The van der Waals surface area contributed by atoms with Gasteiger partial charge in [-0.15, -0.1) is 0 Å². The van der Waals surface area contributed by atoms with E-state index in [0.29, 0.717) is 5.41 Å². The molecule has 4 rings (SSSR count). The first-order valence-electron chi connectivity index (χ1n) is 8.03. The molecule has 0 amide bonds. The highest BCUT2D eigenvalue weighted by Gasteiger charge is 2.46. The average molecular weight is 352 g/mol. The van der Waals surface area contributed by atoms with Gasteiger partial charge in [-0.2, -0.15) is 0 Å². The smallest absolute Gasteiger partial charge is 0.175 e. The molecule has 0 unspecified atom stereocenters. The number of benzene rings is 1. The number of halogens is 1. The summed E-state index contributed by atoms with van der Waals surface area (Å²) in [5.41, 5.74) is 1.66. The SMILES string of the molecule is Brc1cc(CC2CCNCC2)cc2c1OCC1(CC1)CO2. The maximum Gasteiger partial charge on any atom is 0.175 e. The Hall–Kier alpha value is -0.740. The summed E-state index contributed by atoms with van der Waals surface area (Å²) in [6.07, 6.45) is 6.16. The lowest BCUT2D eigenvalue weighted by Gasteiger charge is -2.23. The van der Waals surface area contributed by atoms with Crippen molar-refractivity contribution in [2.45, 2.75) is 32.1 Å². The monoisotopic (exact) mass is 351 g/mol. The molecule has 2 fully saturated rings. The van der Waals surface area contributed by atoms with Crippen LogP contribution in [-0.2, 0) is 6.42 Å². The van der Waals surface area contributed by atoms with Gasteiger partial charge in [0.1, 0.15) is 0 Å². The first kappa shape index (κ1) is 13.9. The van der Waals surface area contributed by atoms with Crippen LogP contribution in [0.2, 0.25) is 0 Å². The van der Waals surface area contributed by atoms with Gasteiger partial charge in [-0.3, -0.25) is 0 Å². The van der Waals surface area contributed by atoms with Gasteiger partial charge in [-0.25, -0.2) is 0 Å². The van der Waals surface area contributed by atoms with Crippen molar-refractivity contribution in [2.75, 3.05) is 26.3 Å². The Kier molecular flexibility index (Phi) is 3.62. The zero-order valence-electron chi connectivity index (χ0n) is 12.3. The third-order valence-electron chi connectivity index (χ3n) is 5.07. The zero-order valence-corrected chi connectivity index (χ0v) is 13.9. The summed E-state index contributed by atoms with van der Waals surface area (Å²) in [5, 5.41) is 3.43. The molecular formula is C17H22BrNO2. The van der Waals surface area contributed by atoms with E-state index in [1.807, 2.05) is 0 Å². The third-order valence-corrected chi connectivity index (χ3v) is 5.66. The maximum absolute atomic E-state index is 6.07. The van der Waals surface area contributed by atoms with Crippen LogP contribution < -0.4 is 14.8 Å². The highest BCUT2D eigenvalue weighted by molar-refractivity contribution is 9.10. The fourth-order valence-electron chi connectivity index (χ4n) is 3.37. The summed E-state index contributed by atoms with van der Waals surface area (Å²) in [7, 11) is 0. The van der Waals surface area contributed by atoms with E-state index >= 15 is 0 Å². The molecule has 3 nitrogen and oxygen atoms in total. The molecule has 114 valence electrons. The minimum Gasteiger partial charge on any atom is -0.489 e. The van der Waals surface area contributed by atoms with E-state index < -0.39 is 0 Å². The minimum absolute atomic E-state index is 0.299. The van der Waals surface area contributed by atoms with Crippen molar-refractivity contribution in [3.8, 4) is 11.5 Å². The quantitative estimate of drug-likeness (QED) is 0.883. The fourth-order valence-corrected chi connectivity index (χ4v) is 3.97. The molecule has 3 aliphatic rings. The van der Waals surface area contributed by atoms with Gasteiger partial charge in [0.2, 0.25) is 0 Å². The predicted octanol–water partition coefficient (Wildman–Crippen LogP) is 3.54. The standard InChI is InChI=1S/C17H22BrNO2/c18-14-8-13(7-12-1-5-19-6-2-12)9-15-16(14)21-11-17(3-4-17)10-20-15/h8-9,12,19H,1-7,10-11H2. The molecule has 0 bridgehead atoms. The molecular weight excluding hydrogens is 330 g/mol. The largest absolute Gasteiger partial charge is 0.489 e. The van der Waals surface area contributed by atoms with Crippen molar-refractivity contribution in [3.05, 3.63) is 22.2 Å². The second kappa shape index (κ2) is 5.47. The number of rotatable bonds is 2. The van der Waals surface area contributed by atoms with E-state index in [9.17, 15) is 0 Å². The highest BCUT2D eigenvalue weighted by Crippen LogP contribution is 2.50. The second-order valence-corrected chi connectivity index (χ2v) is 7.73. The number of ether oxygens (including phenoxy) is 2. The summed E-state index contributed by atoms with van der Waals surface area (Å²) in [4.78, 5) is 0. The highest BCUT2D eigenvalue weighted by atomic mass is 79.9. The summed E-state index contributed by atoms with van der Waals surface area (Å²) in [5.74, 6) is 2.61. The summed E-state index contributed by atoms with van der Waals surface area (Å²) in [6, 6.07) is 4.42. The van der Waals surface area contributed by atoms with Gasteiger partial charge in [-0.05, 0) is 84.7 Å². The second-order valence-electron chi connectivity index (χ2n) is 6.88. The lowest BCUT2D eigenvalue weighted by molar-refractivity contribution is 0.196. The molecule has 1 saturated carbocycles. The van der Waals surface area contributed by atoms with E-state index in [-0.39, 0.29) is 0 Å². The van der Waals surface area contributed by atoms with Crippen molar-refractivity contribution in [2.24, 2.45) is 11.3 Å². The van der Waals surface area contributed by atoms with Crippen LogP contribution in [0.1, 0.15) is 31.2 Å². The van der Waals surface area contributed by atoms with Crippen molar-refractivity contribution in [1.82, 2.24) is 5.32 Å². The first-order valence-corrected chi connectivity index (χ1v) is 8.82. The van der Waals surface area contributed by atoms with Gasteiger partial charge in [0.15, 0.2) is 11.5 Å². The van der Waals surface area contributed by atoms with Crippen LogP contribution in [0.25, 0.3) is 0 Å². The molecule has 1 spiro atoms. The number of hydrogen-bond acceptors (Lipinski definition) is 3. The molecule has 1 aromatic carbocycles. The van der Waals surface area contributed by atoms with Crippen molar-refractivity contribution < 1.29 is 9.47 Å². The Morgan fingerprint density at radius 2 is 1.90 bits per heavy atom. The van der Waals surface area contributed by atoms with Crippen molar-refractivity contribution >= 4 is 15.9 Å². The Balaban J connectivity index is 1.54. The minimum atomic E-state index is 0.299. The molecule has 2 aliphatic heterocycles. The molecule has 0 aromatic heterocycles. The van der Waals surface area contributed by atoms with E-state index in [4.69, 9.17) is 9.47 Å². The Morgan fingerprint density at radius 1 is 1.14 bits per heavy atom. The third kappa shape index (κ3) is 2.93. The van der Waals surface area contributed by atoms with Crippen LogP contribution in [0.5, 0.6) is 11.5 Å². The van der Waals surface area contributed by atoms with Crippen LogP contribution >= 0.6 is 15.9 Å². The van der Waals surface area contributed by atoms with E-state index in [0.717, 1.165) is 54.6 Å². The summed E-state index contributed by atoms with van der Waals surface area (Å²) in [6.45, 7) is 3.91. The van der Waals surface area contributed by atoms with Crippen LogP contribution in [0.15, 0.2) is 16.6 Å². The predicted molar refractivity (Wildman–Crippen MR) is 86.1 cm³/mol. The molecule has 0 radical (unpaired) electrons. The number of hydrogen-bond donors (Lipinski definition) is 1.